The molecule has 1 aromatic carbocycles. The van der Waals surface area contributed by atoms with E-state index in [-0.39, 0.29) is 29.1 Å². The van der Waals surface area contributed by atoms with Crippen molar-refractivity contribution < 1.29 is 9.18 Å². The second kappa shape index (κ2) is 8.63. The maximum absolute atomic E-state index is 13.4. The molecule has 0 aliphatic carbocycles. The van der Waals surface area contributed by atoms with Gasteiger partial charge in [0.05, 0.1) is 17.0 Å². The molecule has 3 heterocycles. The number of hydrogen-bond acceptors (Lipinski definition) is 4. The van der Waals surface area contributed by atoms with Crippen LogP contribution in [-0.2, 0) is 4.79 Å². The van der Waals surface area contributed by atoms with Crippen molar-refractivity contribution in [3.63, 3.8) is 0 Å². The predicted octanol–water partition coefficient (Wildman–Crippen LogP) is 4.04. The first-order valence-corrected chi connectivity index (χ1v) is 11.3. The number of nitrogens with one attached hydrogen (secondary N) is 1. The minimum Gasteiger partial charge on any atom is -0.353 e. The second-order valence-electron chi connectivity index (χ2n) is 7.66. The SMILES string of the molecule is CC[C@@H]1CCCCN1C(=O)CSc1nc2cc(C)[nH]c2c(=O)n1-c1ccc(F)cc1. The van der Waals surface area contributed by atoms with Gasteiger partial charge in [-0.05, 0) is 62.9 Å². The molecule has 1 aliphatic rings. The molecule has 1 aliphatic heterocycles. The van der Waals surface area contributed by atoms with Crippen LogP contribution in [0.25, 0.3) is 16.7 Å². The first-order chi connectivity index (χ1) is 14.5. The van der Waals surface area contributed by atoms with Crippen molar-refractivity contribution in [2.45, 2.75) is 50.7 Å². The largest absolute Gasteiger partial charge is 0.353 e. The molecule has 0 radical (unpaired) electrons. The van der Waals surface area contributed by atoms with E-state index >= 15 is 0 Å². The molecule has 0 spiro atoms. The fourth-order valence-corrected chi connectivity index (χ4v) is 4.95. The molecule has 1 fully saturated rings. The lowest BCUT2D eigenvalue weighted by atomic mass is 10.0. The molecular formula is C22H25FN4O2S. The van der Waals surface area contributed by atoms with Crippen molar-refractivity contribution >= 4 is 28.7 Å². The average molecular weight is 429 g/mol. The molecule has 8 heteroatoms. The average Bonchev–Trinajstić information content (AvgIpc) is 3.13. The topological polar surface area (TPSA) is 71.0 Å². The van der Waals surface area contributed by atoms with Crippen LogP contribution in [0.2, 0.25) is 0 Å². The monoisotopic (exact) mass is 428 g/mol. The number of aromatic nitrogens is 3. The fourth-order valence-electron chi connectivity index (χ4n) is 4.05. The fraction of sp³-hybridized carbons (Fsp3) is 0.409. The Morgan fingerprint density at radius 2 is 2.07 bits per heavy atom. The van der Waals surface area contributed by atoms with Gasteiger partial charge in [0.15, 0.2) is 5.16 Å². The molecule has 1 amide bonds. The predicted molar refractivity (Wildman–Crippen MR) is 117 cm³/mol. The van der Waals surface area contributed by atoms with Crippen molar-refractivity contribution in [1.29, 1.82) is 0 Å². The Kier molecular flexibility index (Phi) is 5.94. The van der Waals surface area contributed by atoms with Gasteiger partial charge < -0.3 is 9.88 Å². The number of aromatic amines is 1. The Morgan fingerprint density at radius 3 is 2.80 bits per heavy atom. The number of carbonyl (C=O) groups is 1. The maximum Gasteiger partial charge on any atom is 0.283 e. The Balaban J connectivity index is 1.68. The van der Waals surface area contributed by atoms with Crippen molar-refractivity contribution in [3.05, 3.63) is 52.2 Å². The number of piperidine rings is 1. The first-order valence-electron chi connectivity index (χ1n) is 10.3. The number of likely N-dealkylation sites (tertiary alicyclic amines) is 1. The second-order valence-corrected chi connectivity index (χ2v) is 8.60. The van der Waals surface area contributed by atoms with E-state index < -0.39 is 0 Å². The van der Waals surface area contributed by atoms with Crippen molar-refractivity contribution in [2.24, 2.45) is 0 Å². The van der Waals surface area contributed by atoms with Gasteiger partial charge in [0, 0.05) is 18.3 Å². The van der Waals surface area contributed by atoms with Gasteiger partial charge in [-0.1, -0.05) is 18.7 Å². The number of H-pyrrole nitrogens is 1. The normalized spacial score (nSPS) is 16.9. The third kappa shape index (κ3) is 4.01. The summed E-state index contributed by atoms with van der Waals surface area (Å²) in [6.45, 7) is 4.76. The van der Waals surface area contributed by atoms with Crippen LogP contribution < -0.4 is 5.56 Å². The van der Waals surface area contributed by atoms with E-state index in [1.807, 2.05) is 17.9 Å². The Morgan fingerprint density at radius 1 is 1.30 bits per heavy atom. The molecule has 1 atom stereocenters. The zero-order chi connectivity index (χ0) is 21.3. The van der Waals surface area contributed by atoms with Gasteiger partial charge in [0.1, 0.15) is 11.3 Å². The lowest BCUT2D eigenvalue weighted by molar-refractivity contribution is -0.132. The van der Waals surface area contributed by atoms with Crippen LogP contribution in [0, 0.1) is 12.7 Å². The number of rotatable bonds is 5. The molecule has 3 aromatic rings. The van der Waals surface area contributed by atoms with Crippen LogP contribution in [0.4, 0.5) is 4.39 Å². The van der Waals surface area contributed by atoms with E-state index in [0.29, 0.717) is 21.9 Å². The molecule has 0 unspecified atom stereocenters. The zero-order valence-electron chi connectivity index (χ0n) is 17.2. The molecule has 1 saturated heterocycles. The highest BCUT2D eigenvalue weighted by Gasteiger charge is 2.26. The van der Waals surface area contributed by atoms with Gasteiger partial charge >= 0.3 is 0 Å². The lowest BCUT2D eigenvalue weighted by Crippen LogP contribution is -2.44. The maximum atomic E-state index is 13.4. The summed E-state index contributed by atoms with van der Waals surface area (Å²) >= 11 is 1.25. The minimum atomic E-state index is -0.378. The van der Waals surface area contributed by atoms with Gasteiger partial charge in [-0.3, -0.25) is 14.2 Å². The van der Waals surface area contributed by atoms with E-state index in [9.17, 15) is 14.0 Å². The van der Waals surface area contributed by atoms with Crippen LogP contribution in [-0.4, -0.2) is 43.7 Å². The highest BCUT2D eigenvalue weighted by molar-refractivity contribution is 7.99. The number of halogens is 1. The standard InChI is InChI=1S/C22H25FN4O2S/c1-3-16-6-4-5-11-26(16)19(28)13-30-22-25-18-12-14(2)24-20(18)21(29)27(22)17-9-7-15(23)8-10-17/h7-10,12,16,24H,3-6,11,13H2,1-2H3/t16-/m1/s1. The van der Waals surface area contributed by atoms with Crippen LogP contribution in [0.1, 0.15) is 38.3 Å². The number of thioether (sulfide) groups is 1. The van der Waals surface area contributed by atoms with Crippen molar-refractivity contribution in [2.75, 3.05) is 12.3 Å². The van der Waals surface area contributed by atoms with Gasteiger partial charge in [-0.15, -0.1) is 0 Å². The number of hydrogen-bond donors (Lipinski definition) is 1. The number of nitrogens with zero attached hydrogens (tertiary/aromatic N) is 3. The quantitative estimate of drug-likeness (QED) is 0.492. The number of amides is 1. The summed E-state index contributed by atoms with van der Waals surface area (Å²) in [5.41, 5.74) is 2.05. The van der Waals surface area contributed by atoms with Gasteiger partial charge in [0.25, 0.3) is 5.56 Å². The number of benzene rings is 1. The van der Waals surface area contributed by atoms with E-state index in [4.69, 9.17) is 0 Å². The van der Waals surface area contributed by atoms with Crippen molar-refractivity contribution in [1.82, 2.24) is 19.4 Å². The molecule has 6 nitrogen and oxygen atoms in total. The Bertz CT molecular complexity index is 1120. The molecule has 2 aromatic heterocycles. The van der Waals surface area contributed by atoms with Gasteiger partial charge in [-0.2, -0.15) is 0 Å². The summed E-state index contributed by atoms with van der Waals surface area (Å²) in [4.78, 5) is 35.8. The van der Waals surface area contributed by atoms with E-state index in [1.54, 1.807) is 12.1 Å². The summed E-state index contributed by atoms with van der Waals surface area (Å²) in [5.74, 6) is -0.104. The third-order valence-corrected chi connectivity index (χ3v) is 6.51. The van der Waals surface area contributed by atoms with Crippen LogP contribution in [0.5, 0.6) is 0 Å². The highest BCUT2D eigenvalue weighted by Crippen LogP contribution is 2.25. The van der Waals surface area contributed by atoms with Gasteiger partial charge in [-0.25, -0.2) is 9.37 Å². The van der Waals surface area contributed by atoms with E-state index in [2.05, 4.69) is 16.9 Å². The molecule has 0 bridgehead atoms. The summed E-state index contributed by atoms with van der Waals surface area (Å²) in [6, 6.07) is 7.81. The number of aryl methyl sites for hydroxylation is 1. The Labute approximate surface area is 178 Å². The summed E-state index contributed by atoms with van der Waals surface area (Å²) in [5, 5.41) is 0.427. The zero-order valence-corrected chi connectivity index (χ0v) is 18.0. The minimum absolute atomic E-state index is 0.0665. The summed E-state index contributed by atoms with van der Waals surface area (Å²) < 4.78 is 14.9. The Hall–Kier alpha value is -2.61. The molecule has 30 heavy (non-hydrogen) atoms. The van der Waals surface area contributed by atoms with Crippen LogP contribution in [0.15, 0.2) is 40.3 Å². The smallest absolute Gasteiger partial charge is 0.283 e. The first kappa shape index (κ1) is 20.7. The highest BCUT2D eigenvalue weighted by atomic mass is 32.2. The number of carbonyl (C=O) groups excluding carboxylic acids is 1. The molecule has 1 N–H and O–H groups in total. The van der Waals surface area contributed by atoms with Crippen LogP contribution >= 0.6 is 11.8 Å². The molecule has 4 rings (SSSR count). The number of fused-ring (bicyclic) bond motifs is 1. The van der Waals surface area contributed by atoms with Gasteiger partial charge in [0.2, 0.25) is 5.91 Å². The molecule has 0 saturated carbocycles. The third-order valence-electron chi connectivity index (χ3n) is 5.58. The van der Waals surface area contributed by atoms with Crippen LogP contribution in [0.3, 0.4) is 0 Å². The molecule has 158 valence electrons. The van der Waals surface area contributed by atoms with Crippen molar-refractivity contribution in [3.8, 4) is 5.69 Å². The van der Waals surface area contributed by atoms with E-state index in [0.717, 1.165) is 37.9 Å². The van der Waals surface area contributed by atoms with E-state index in [1.165, 1.54) is 28.5 Å². The molecular weight excluding hydrogens is 403 g/mol. The summed E-state index contributed by atoms with van der Waals surface area (Å²) in [7, 11) is 0. The summed E-state index contributed by atoms with van der Waals surface area (Å²) in [6.07, 6.45) is 4.17. The lowest BCUT2D eigenvalue weighted by Gasteiger charge is -2.35.